The third kappa shape index (κ3) is 1.42. The van der Waals surface area contributed by atoms with Crippen LogP contribution in [0.3, 0.4) is 0 Å². The largest absolute Gasteiger partial charge is 0.391 e. The van der Waals surface area contributed by atoms with Crippen LogP contribution in [-0.2, 0) is 0 Å². The second-order valence-electron chi connectivity index (χ2n) is 3.46. The molecule has 0 amide bonds. The van der Waals surface area contributed by atoms with Crippen molar-refractivity contribution in [2.75, 3.05) is 19.6 Å². The van der Waals surface area contributed by atoms with E-state index in [1.165, 1.54) is 0 Å². The number of hydrogen-bond acceptors (Lipinski definition) is 3. The Balaban J connectivity index is 2.08. The van der Waals surface area contributed by atoms with Gasteiger partial charge in [-0.2, -0.15) is 0 Å². The standard InChI is InChI=1S/C8H12N4O/c9-11-10-5-6-1-3-12-4-2-7(13)8(6)12/h1,7-8,13H,2-5H2/t7-,8-/m1/s1. The molecule has 70 valence electrons. The lowest BCUT2D eigenvalue weighted by atomic mass is 10.1. The Morgan fingerprint density at radius 1 is 1.77 bits per heavy atom. The van der Waals surface area contributed by atoms with Crippen LogP contribution in [0.25, 0.3) is 10.4 Å². The Morgan fingerprint density at radius 3 is 3.38 bits per heavy atom. The van der Waals surface area contributed by atoms with Gasteiger partial charge in [-0.1, -0.05) is 11.2 Å². The quantitative estimate of drug-likeness (QED) is 0.293. The van der Waals surface area contributed by atoms with E-state index in [1.54, 1.807) is 0 Å². The molecule has 0 unspecified atom stereocenters. The number of aliphatic hydroxyl groups excluding tert-OH is 1. The van der Waals surface area contributed by atoms with Crippen molar-refractivity contribution in [3.63, 3.8) is 0 Å². The number of aliphatic hydroxyl groups is 1. The zero-order valence-electron chi connectivity index (χ0n) is 7.30. The maximum absolute atomic E-state index is 9.65. The molecule has 0 aromatic heterocycles. The minimum atomic E-state index is -0.275. The fourth-order valence-corrected chi connectivity index (χ4v) is 2.15. The van der Waals surface area contributed by atoms with Gasteiger partial charge in [0.15, 0.2) is 0 Å². The summed E-state index contributed by atoms with van der Waals surface area (Å²) in [5.41, 5.74) is 9.26. The molecule has 5 nitrogen and oxygen atoms in total. The minimum absolute atomic E-state index is 0.116. The van der Waals surface area contributed by atoms with Gasteiger partial charge >= 0.3 is 0 Å². The second-order valence-corrected chi connectivity index (χ2v) is 3.46. The Morgan fingerprint density at radius 2 is 2.62 bits per heavy atom. The summed E-state index contributed by atoms with van der Waals surface area (Å²) in [6.45, 7) is 2.23. The molecule has 2 aliphatic rings. The van der Waals surface area contributed by atoms with Crippen molar-refractivity contribution in [1.82, 2.24) is 4.90 Å². The first-order chi connectivity index (χ1) is 6.33. The summed E-state index contributed by atoms with van der Waals surface area (Å²) in [6, 6.07) is 0.116. The van der Waals surface area contributed by atoms with Crippen LogP contribution in [0.5, 0.6) is 0 Å². The van der Waals surface area contributed by atoms with Crippen molar-refractivity contribution < 1.29 is 5.11 Å². The summed E-state index contributed by atoms with van der Waals surface area (Å²) in [5.74, 6) is 0. The van der Waals surface area contributed by atoms with Crippen molar-refractivity contribution in [2.24, 2.45) is 5.11 Å². The van der Waals surface area contributed by atoms with E-state index in [2.05, 4.69) is 21.0 Å². The fraction of sp³-hybridized carbons (Fsp3) is 0.750. The molecule has 5 heteroatoms. The van der Waals surface area contributed by atoms with Crippen molar-refractivity contribution in [1.29, 1.82) is 0 Å². The molecular formula is C8H12N4O. The van der Waals surface area contributed by atoms with E-state index >= 15 is 0 Å². The van der Waals surface area contributed by atoms with Gasteiger partial charge in [-0.3, -0.25) is 4.90 Å². The molecule has 0 radical (unpaired) electrons. The summed E-state index contributed by atoms with van der Waals surface area (Å²) >= 11 is 0. The van der Waals surface area contributed by atoms with E-state index in [0.717, 1.165) is 25.1 Å². The maximum atomic E-state index is 9.65. The first-order valence-corrected chi connectivity index (χ1v) is 4.45. The molecule has 1 N–H and O–H groups in total. The van der Waals surface area contributed by atoms with Gasteiger partial charge in [-0.25, -0.2) is 0 Å². The first kappa shape index (κ1) is 8.56. The van der Waals surface area contributed by atoms with Gasteiger partial charge in [0.25, 0.3) is 0 Å². The van der Waals surface area contributed by atoms with E-state index < -0.39 is 0 Å². The van der Waals surface area contributed by atoms with Gasteiger partial charge < -0.3 is 5.11 Å². The Bertz CT molecular complexity index is 282. The monoisotopic (exact) mass is 180 g/mol. The number of hydrogen-bond donors (Lipinski definition) is 1. The molecule has 0 aromatic rings. The SMILES string of the molecule is [N-]=[N+]=NCC1=CCN2CC[C@@H](O)[C@@H]12. The predicted molar refractivity (Wildman–Crippen MR) is 48.1 cm³/mol. The average Bonchev–Trinajstić information content (AvgIpc) is 2.67. The lowest BCUT2D eigenvalue weighted by molar-refractivity contribution is 0.146. The van der Waals surface area contributed by atoms with Gasteiger partial charge in [0, 0.05) is 24.5 Å². The van der Waals surface area contributed by atoms with Crippen molar-refractivity contribution in [2.45, 2.75) is 18.6 Å². The van der Waals surface area contributed by atoms with E-state index in [0.29, 0.717) is 6.54 Å². The average molecular weight is 180 g/mol. The molecule has 0 aromatic carbocycles. The normalized spacial score (nSPS) is 32.5. The molecule has 0 spiro atoms. The molecule has 2 heterocycles. The second kappa shape index (κ2) is 3.38. The number of azide groups is 1. The van der Waals surface area contributed by atoms with E-state index in [9.17, 15) is 5.11 Å². The van der Waals surface area contributed by atoms with Gasteiger partial charge in [0.2, 0.25) is 0 Å². The highest BCUT2D eigenvalue weighted by Crippen LogP contribution is 2.28. The predicted octanol–water partition coefficient (Wildman–Crippen LogP) is 0.672. The minimum Gasteiger partial charge on any atom is -0.391 e. The lowest BCUT2D eigenvalue weighted by Crippen LogP contribution is -2.32. The van der Waals surface area contributed by atoms with Crippen LogP contribution in [0.4, 0.5) is 0 Å². The molecule has 1 fully saturated rings. The third-order valence-electron chi connectivity index (χ3n) is 2.75. The van der Waals surface area contributed by atoms with Crippen LogP contribution >= 0.6 is 0 Å². The van der Waals surface area contributed by atoms with Crippen LogP contribution < -0.4 is 0 Å². The van der Waals surface area contributed by atoms with E-state index in [4.69, 9.17) is 5.53 Å². The van der Waals surface area contributed by atoms with Crippen molar-refractivity contribution >= 4 is 0 Å². The first-order valence-electron chi connectivity index (χ1n) is 4.45. The van der Waals surface area contributed by atoms with Gasteiger partial charge in [-0.05, 0) is 17.5 Å². The molecule has 0 bridgehead atoms. The molecule has 2 atom stereocenters. The Kier molecular flexibility index (Phi) is 2.22. The van der Waals surface area contributed by atoms with Crippen LogP contribution in [0.15, 0.2) is 16.8 Å². The molecule has 0 saturated carbocycles. The number of rotatable bonds is 2. The number of fused-ring (bicyclic) bond motifs is 1. The summed E-state index contributed by atoms with van der Waals surface area (Å²) in [5, 5.41) is 13.2. The molecule has 0 aliphatic carbocycles. The molecule has 2 aliphatic heterocycles. The molecule has 2 rings (SSSR count). The molecule has 13 heavy (non-hydrogen) atoms. The summed E-state index contributed by atoms with van der Waals surface area (Å²) in [6.07, 6.45) is 2.61. The molecular weight excluding hydrogens is 168 g/mol. The van der Waals surface area contributed by atoms with Gasteiger partial charge in [0.05, 0.1) is 12.1 Å². The summed E-state index contributed by atoms with van der Waals surface area (Å²) in [4.78, 5) is 4.94. The smallest absolute Gasteiger partial charge is 0.0746 e. The highest BCUT2D eigenvalue weighted by molar-refractivity contribution is 5.24. The van der Waals surface area contributed by atoms with E-state index in [1.807, 2.05) is 0 Å². The zero-order chi connectivity index (χ0) is 9.26. The van der Waals surface area contributed by atoms with Crippen molar-refractivity contribution in [3.05, 3.63) is 22.1 Å². The topological polar surface area (TPSA) is 72.2 Å². The van der Waals surface area contributed by atoms with Crippen LogP contribution in [0, 0.1) is 0 Å². The lowest BCUT2D eigenvalue weighted by Gasteiger charge is -2.19. The van der Waals surface area contributed by atoms with Gasteiger partial charge in [-0.15, -0.1) is 0 Å². The third-order valence-corrected chi connectivity index (χ3v) is 2.75. The fourth-order valence-electron chi connectivity index (χ4n) is 2.15. The zero-order valence-corrected chi connectivity index (χ0v) is 7.30. The summed E-state index contributed by atoms with van der Waals surface area (Å²) < 4.78 is 0. The summed E-state index contributed by atoms with van der Waals surface area (Å²) in [7, 11) is 0. The van der Waals surface area contributed by atoms with Crippen molar-refractivity contribution in [3.8, 4) is 0 Å². The van der Waals surface area contributed by atoms with Crippen LogP contribution in [0.2, 0.25) is 0 Å². The molecule has 1 saturated heterocycles. The van der Waals surface area contributed by atoms with Crippen LogP contribution in [-0.4, -0.2) is 41.8 Å². The highest BCUT2D eigenvalue weighted by atomic mass is 16.3. The Labute approximate surface area is 76.3 Å². The van der Waals surface area contributed by atoms with Gasteiger partial charge in [0.1, 0.15) is 0 Å². The highest BCUT2D eigenvalue weighted by Gasteiger charge is 2.37. The van der Waals surface area contributed by atoms with Crippen LogP contribution in [0.1, 0.15) is 6.42 Å². The maximum Gasteiger partial charge on any atom is 0.0746 e. The Hall–Kier alpha value is -1.03. The van der Waals surface area contributed by atoms with E-state index in [-0.39, 0.29) is 12.1 Å². The number of nitrogens with zero attached hydrogens (tertiary/aromatic N) is 4.